The lowest BCUT2D eigenvalue weighted by Gasteiger charge is -2.07. The second-order valence-corrected chi connectivity index (χ2v) is 7.27. The Labute approximate surface area is 145 Å². The van der Waals surface area contributed by atoms with Gasteiger partial charge in [-0.25, -0.2) is 0 Å². The molecule has 1 nitrogen and oxygen atoms in total. The molecule has 0 saturated carbocycles. The smallest absolute Gasteiger partial charge is 0.0406 e. The van der Waals surface area contributed by atoms with Crippen LogP contribution in [0.4, 0.5) is 0 Å². The highest BCUT2D eigenvalue weighted by Crippen LogP contribution is 2.40. The molecule has 0 saturated heterocycles. The Hall–Kier alpha value is -1.90. The second-order valence-electron chi connectivity index (χ2n) is 5.70. The van der Waals surface area contributed by atoms with E-state index in [1.165, 1.54) is 38.4 Å². The van der Waals surface area contributed by atoms with Gasteiger partial charge in [0.25, 0.3) is 0 Å². The first-order valence-electron chi connectivity index (χ1n) is 7.81. The number of fused-ring (bicyclic) bond motifs is 1. The summed E-state index contributed by atoms with van der Waals surface area (Å²) in [6.07, 6.45) is 9.58. The number of allylic oxidation sites excluding steroid dienone is 1. The van der Waals surface area contributed by atoms with Gasteiger partial charge in [0.2, 0.25) is 0 Å². The lowest BCUT2D eigenvalue weighted by molar-refractivity contribution is 0.863. The van der Waals surface area contributed by atoms with Crippen LogP contribution in [0.1, 0.15) is 28.8 Å². The van der Waals surface area contributed by atoms with Gasteiger partial charge in [-0.05, 0) is 71.9 Å². The van der Waals surface area contributed by atoms with Gasteiger partial charge >= 0.3 is 0 Å². The highest BCUT2D eigenvalue weighted by molar-refractivity contribution is 7.15. The van der Waals surface area contributed by atoms with E-state index in [0.717, 1.165) is 17.9 Å². The van der Waals surface area contributed by atoms with Crippen molar-refractivity contribution in [3.05, 3.63) is 82.0 Å². The van der Waals surface area contributed by atoms with Gasteiger partial charge in [-0.15, -0.1) is 11.3 Å². The van der Waals surface area contributed by atoms with Crippen molar-refractivity contribution >= 4 is 28.5 Å². The summed E-state index contributed by atoms with van der Waals surface area (Å²) in [6.45, 7) is 0. The van der Waals surface area contributed by atoms with E-state index >= 15 is 0 Å². The fraction of sp³-hybridized carbons (Fsp3) is 0.150. The van der Waals surface area contributed by atoms with Gasteiger partial charge in [0.05, 0.1) is 0 Å². The molecule has 0 radical (unpaired) electrons. The highest BCUT2D eigenvalue weighted by atomic mass is 35.5. The molecule has 0 N–H and O–H groups in total. The van der Waals surface area contributed by atoms with Crippen LogP contribution in [0.3, 0.4) is 0 Å². The van der Waals surface area contributed by atoms with Crippen LogP contribution in [0.2, 0.25) is 5.02 Å². The molecule has 2 aromatic heterocycles. The lowest BCUT2D eigenvalue weighted by atomic mass is 9.98. The van der Waals surface area contributed by atoms with E-state index in [0.29, 0.717) is 0 Å². The van der Waals surface area contributed by atoms with Crippen molar-refractivity contribution in [1.29, 1.82) is 0 Å². The van der Waals surface area contributed by atoms with Gasteiger partial charge in [-0.2, -0.15) is 0 Å². The standard InChI is InChI=1S/C20H16ClNS/c21-16-7-5-14(6-8-16)17-3-1-2-4-19-18(17)13-20(23-19)15-9-11-22-12-10-15/h3,5-13H,1-2,4H2. The summed E-state index contributed by atoms with van der Waals surface area (Å²) in [5, 5.41) is 0.783. The molecule has 3 heteroatoms. The molecular formula is C20H16ClNS. The number of hydrogen-bond acceptors (Lipinski definition) is 2. The number of rotatable bonds is 2. The van der Waals surface area contributed by atoms with E-state index in [-0.39, 0.29) is 0 Å². The predicted molar refractivity (Wildman–Crippen MR) is 99.0 cm³/mol. The quantitative estimate of drug-likeness (QED) is 0.540. The van der Waals surface area contributed by atoms with Crippen molar-refractivity contribution in [2.75, 3.05) is 0 Å². The van der Waals surface area contributed by atoms with Crippen LogP contribution in [0.15, 0.2) is 60.9 Å². The van der Waals surface area contributed by atoms with Crippen LogP contribution >= 0.6 is 22.9 Å². The molecule has 1 aliphatic carbocycles. The second kappa shape index (κ2) is 6.31. The SMILES string of the molecule is Clc1ccc(C2=CCCCc3sc(-c4ccncc4)cc32)cc1. The largest absolute Gasteiger partial charge is 0.265 e. The molecule has 0 atom stereocenters. The monoisotopic (exact) mass is 337 g/mol. The van der Waals surface area contributed by atoms with Gasteiger partial charge in [0, 0.05) is 27.2 Å². The molecular weight excluding hydrogens is 322 g/mol. The normalized spacial score (nSPS) is 14.0. The molecule has 114 valence electrons. The van der Waals surface area contributed by atoms with E-state index in [2.05, 4.69) is 41.4 Å². The summed E-state index contributed by atoms with van der Waals surface area (Å²) in [5.41, 5.74) is 5.21. The van der Waals surface area contributed by atoms with Crippen molar-refractivity contribution in [2.24, 2.45) is 0 Å². The lowest BCUT2D eigenvalue weighted by Crippen LogP contribution is -1.88. The Bertz CT molecular complexity index is 847. The first-order valence-corrected chi connectivity index (χ1v) is 9.00. The predicted octanol–water partition coefficient (Wildman–Crippen LogP) is 6.23. The first kappa shape index (κ1) is 14.7. The Morgan fingerprint density at radius 3 is 2.52 bits per heavy atom. The van der Waals surface area contributed by atoms with Crippen LogP contribution in [-0.4, -0.2) is 4.98 Å². The molecule has 1 aromatic carbocycles. The van der Waals surface area contributed by atoms with Crippen molar-refractivity contribution < 1.29 is 0 Å². The van der Waals surface area contributed by atoms with Crippen molar-refractivity contribution in [2.45, 2.75) is 19.3 Å². The Morgan fingerprint density at radius 2 is 1.74 bits per heavy atom. The number of aryl methyl sites for hydroxylation is 1. The molecule has 0 bridgehead atoms. The van der Waals surface area contributed by atoms with Crippen LogP contribution in [0.5, 0.6) is 0 Å². The molecule has 1 aliphatic rings. The zero-order valence-corrected chi connectivity index (χ0v) is 14.2. The molecule has 0 unspecified atom stereocenters. The fourth-order valence-corrected chi connectivity index (χ4v) is 4.37. The van der Waals surface area contributed by atoms with Crippen LogP contribution in [0, 0.1) is 0 Å². The minimum Gasteiger partial charge on any atom is -0.265 e. The average molecular weight is 338 g/mol. The van der Waals surface area contributed by atoms with Gasteiger partial charge < -0.3 is 0 Å². The Kier molecular flexibility index (Phi) is 4.02. The van der Waals surface area contributed by atoms with E-state index in [1.807, 2.05) is 35.9 Å². The van der Waals surface area contributed by atoms with Gasteiger partial charge in [-0.1, -0.05) is 29.8 Å². The zero-order valence-electron chi connectivity index (χ0n) is 12.6. The Morgan fingerprint density at radius 1 is 0.957 bits per heavy atom. The molecule has 0 spiro atoms. The van der Waals surface area contributed by atoms with Crippen LogP contribution < -0.4 is 0 Å². The molecule has 23 heavy (non-hydrogen) atoms. The van der Waals surface area contributed by atoms with Crippen LogP contribution in [0.25, 0.3) is 16.0 Å². The number of halogens is 1. The maximum Gasteiger partial charge on any atom is 0.0406 e. The van der Waals surface area contributed by atoms with Crippen molar-refractivity contribution in [1.82, 2.24) is 4.98 Å². The minimum atomic E-state index is 0.783. The summed E-state index contributed by atoms with van der Waals surface area (Å²) in [6, 6.07) is 14.7. The van der Waals surface area contributed by atoms with Crippen LogP contribution in [-0.2, 0) is 6.42 Å². The number of hydrogen-bond donors (Lipinski definition) is 0. The van der Waals surface area contributed by atoms with E-state index < -0.39 is 0 Å². The molecule has 0 amide bonds. The van der Waals surface area contributed by atoms with E-state index in [4.69, 9.17) is 11.6 Å². The molecule has 0 aliphatic heterocycles. The number of aromatic nitrogens is 1. The minimum absolute atomic E-state index is 0.783. The average Bonchev–Trinajstić information content (AvgIpc) is 2.91. The first-order chi connectivity index (χ1) is 11.3. The van der Waals surface area contributed by atoms with Gasteiger partial charge in [-0.3, -0.25) is 4.98 Å². The number of pyridine rings is 1. The maximum atomic E-state index is 6.04. The number of benzene rings is 1. The molecule has 3 aromatic rings. The maximum absolute atomic E-state index is 6.04. The Balaban J connectivity index is 1.81. The van der Waals surface area contributed by atoms with Crippen molar-refractivity contribution in [3.63, 3.8) is 0 Å². The summed E-state index contributed by atoms with van der Waals surface area (Å²) in [7, 11) is 0. The van der Waals surface area contributed by atoms with Gasteiger partial charge in [0.1, 0.15) is 0 Å². The summed E-state index contributed by atoms with van der Waals surface area (Å²) < 4.78 is 0. The fourth-order valence-electron chi connectivity index (χ4n) is 3.02. The number of nitrogens with zero attached hydrogens (tertiary/aromatic N) is 1. The summed E-state index contributed by atoms with van der Waals surface area (Å²) in [5.74, 6) is 0. The van der Waals surface area contributed by atoms with Crippen molar-refractivity contribution in [3.8, 4) is 10.4 Å². The third kappa shape index (κ3) is 2.97. The molecule has 2 heterocycles. The molecule has 0 fully saturated rings. The van der Waals surface area contributed by atoms with E-state index in [9.17, 15) is 0 Å². The third-order valence-electron chi connectivity index (χ3n) is 4.18. The summed E-state index contributed by atoms with van der Waals surface area (Å²) in [4.78, 5) is 6.92. The summed E-state index contributed by atoms with van der Waals surface area (Å²) >= 11 is 7.95. The molecule has 4 rings (SSSR count). The van der Waals surface area contributed by atoms with E-state index in [1.54, 1.807) is 0 Å². The zero-order chi connectivity index (χ0) is 15.6. The topological polar surface area (TPSA) is 12.9 Å². The highest BCUT2D eigenvalue weighted by Gasteiger charge is 2.17. The van der Waals surface area contributed by atoms with Gasteiger partial charge in [0.15, 0.2) is 0 Å². The number of thiophene rings is 1. The third-order valence-corrected chi connectivity index (χ3v) is 5.67.